The Hall–Kier alpha value is -2.61. The van der Waals surface area contributed by atoms with Crippen LogP contribution < -0.4 is 11.1 Å². The first-order chi connectivity index (χ1) is 9.63. The molecule has 0 saturated heterocycles. The standard InChI is InChI=1S/C15H17N5/c1-3-13-19-14(17)10(2)15(20-13)18-9-12-6-4-11(8-16)5-7-12/h4-7H,3,9H2,1-2H3,(H3,17,18,19,20). The molecular formula is C15H17N5. The van der Waals surface area contributed by atoms with Gasteiger partial charge in [-0.2, -0.15) is 5.26 Å². The van der Waals surface area contributed by atoms with Gasteiger partial charge in [-0.25, -0.2) is 9.97 Å². The number of nitrogen functional groups attached to an aromatic ring is 1. The van der Waals surface area contributed by atoms with Gasteiger partial charge in [0.05, 0.1) is 11.6 Å². The first-order valence-corrected chi connectivity index (χ1v) is 6.50. The lowest BCUT2D eigenvalue weighted by Gasteiger charge is -2.11. The smallest absolute Gasteiger partial charge is 0.135 e. The van der Waals surface area contributed by atoms with Crippen LogP contribution in [0.15, 0.2) is 24.3 Å². The second kappa shape index (κ2) is 6.02. The molecule has 0 bridgehead atoms. The van der Waals surface area contributed by atoms with Crippen molar-refractivity contribution < 1.29 is 0 Å². The number of anilines is 2. The minimum atomic E-state index is 0.513. The van der Waals surface area contributed by atoms with E-state index in [9.17, 15) is 0 Å². The van der Waals surface area contributed by atoms with Crippen molar-refractivity contribution in [3.63, 3.8) is 0 Å². The third kappa shape index (κ3) is 3.04. The molecule has 0 atom stereocenters. The molecule has 5 heteroatoms. The summed E-state index contributed by atoms with van der Waals surface area (Å²) in [5, 5.41) is 12.0. The van der Waals surface area contributed by atoms with Gasteiger partial charge in [0.2, 0.25) is 0 Å². The first kappa shape index (κ1) is 13.8. The van der Waals surface area contributed by atoms with Gasteiger partial charge in [-0.05, 0) is 24.6 Å². The van der Waals surface area contributed by atoms with E-state index in [2.05, 4.69) is 21.4 Å². The Kier molecular flexibility index (Phi) is 4.16. The van der Waals surface area contributed by atoms with Gasteiger partial charge in [0.15, 0.2) is 0 Å². The number of aromatic nitrogens is 2. The maximum atomic E-state index is 8.76. The quantitative estimate of drug-likeness (QED) is 0.888. The average Bonchev–Trinajstić information content (AvgIpc) is 2.49. The fourth-order valence-corrected chi connectivity index (χ4v) is 1.80. The molecule has 1 aromatic heterocycles. The van der Waals surface area contributed by atoms with Crippen LogP contribution in [0.1, 0.15) is 29.4 Å². The number of rotatable bonds is 4. The molecule has 0 saturated carbocycles. The van der Waals surface area contributed by atoms with E-state index >= 15 is 0 Å². The summed E-state index contributed by atoms with van der Waals surface area (Å²) in [6.45, 7) is 4.52. The van der Waals surface area contributed by atoms with Crippen LogP contribution in [-0.2, 0) is 13.0 Å². The van der Waals surface area contributed by atoms with Crippen molar-refractivity contribution in [2.45, 2.75) is 26.8 Å². The first-order valence-electron chi connectivity index (χ1n) is 6.50. The molecule has 2 rings (SSSR count). The highest BCUT2D eigenvalue weighted by Gasteiger charge is 2.07. The number of hydrogen-bond acceptors (Lipinski definition) is 5. The minimum absolute atomic E-state index is 0.513. The number of aryl methyl sites for hydroxylation is 1. The Bertz CT molecular complexity index is 641. The Morgan fingerprint density at radius 1 is 1.25 bits per heavy atom. The highest BCUT2D eigenvalue weighted by atomic mass is 15.1. The maximum Gasteiger partial charge on any atom is 0.135 e. The van der Waals surface area contributed by atoms with E-state index in [1.54, 1.807) is 12.1 Å². The van der Waals surface area contributed by atoms with Gasteiger partial charge < -0.3 is 11.1 Å². The highest BCUT2D eigenvalue weighted by molar-refractivity contribution is 5.55. The van der Waals surface area contributed by atoms with Gasteiger partial charge in [-0.1, -0.05) is 19.1 Å². The van der Waals surface area contributed by atoms with Crippen LogP contribution >= 0.6 is 0 Å². The number of benzene rings is 1. The van der Waals surface area contributed by atoms with Gasteiger partial charge in [0.1, 0.15) is 17.5 Å². The topological polar surface area (TPSA) is 87.6 Å². The van der Waals surface area contributed by atoms with Gasteiger partial charge in [-0.3, -0.25) is 0 Å². The second-order valence-electron chi connectivity index (χ2n) is 4.51. The zero-order valence-corrected chi connectivity index (χ0v) is 11.6. The zero-order chi connectivity index (χ0) is 14.5. The summed E-state index contributed by atoms with van der Waals surface area (Å²) in [5.41, 5.74) is 8.47. The molecule has 1 heterocycles. The van der Waals surface area contributed by atoms with Crippen molar-refractivity contribution in [3.05, 3.63) is 46.8 Å². The predicted octanol–water partition coefficient (Wildman–Crippen LogP) is 2.41. The van der Waals surface area contributed by atoms with E-state index in [4.69, 9.17) is 11.0 Å². The van der Waals surface area contributed by atoms with Crippen LogP contribution in [-0.4, -0.2) is 9.97 Å². The van der Waals surface area contributed by atoms with Crippen LogP contribution in [0.3, 0.4) is 0 Å². The van der Waals surface area contributed by atoms with Crippen molar-refractivity contribution in [1.29, 1.82) is 5.26 Å². The molecule has 0 fully saturated rings. The van der Waals surface area contributed by atoms with Crippen molar-refractivity contribution in [2.75, 3.05) is 11.1 Å². The summed E-state index contributed by atoms with van der Waals surface area (Å²) in [6.07, 6.45) is 0.746. The van der Waals surface area contributed by atoms with E-state index in [1.807, 2.05) is 26.0 Å². The summed E-state index contributed by atoms with van der Waals surface area (Å²) in [6, 6.07) is 9.55. The Morgan fingerprint density at radius 2 is 1.95 bits per heavy atom. The Balaban J connectivity index is 2.14. The van der Waals surface area contributed by atoms with E-state index < -0.39 is 0 Å². The van der Waals surface area contributed by atoms with Crippen molar-refractivity contribution in [1.82, 2.24) is 9.97 Å². The van der Waals surface area contributed by atoms with Crippen LogP contribution in [0, 0.1) is 18.3 Å². The SMILES string of the molecule is CCc1nc(N)c(C)c(NCc2ccc(C#N)cc2)n1. The lowest BCUT2D eigenvalue weighted by Crippen LogP contribution is -2.09. The average molecular weight is 267 g/mol. The van der Waals surface area contributed by atoms with Gasteiger partial charge >= 0.3 is 0 Å². The molecule has 0 amide bonds. The predicted molar refractivity (Wildman–Crippen MR) is 79.0 cm³/mol. The second-order valence-corrected chi connectivity index (χ2v) is 4.51. The Morgan fingerprint density at radius 3 is 2.55 bits per heavy atom. The number of nitrogens with one attached hydrogen (secondary N) is 1. The molecule has 0 radical (unpaired) electrons. The molecule has 0 aliphatic carbocycles. The van der Waals surface area contributed by atoms with E-state index in [0.29, 0.717) is 17.9 Å². The number of hydrogen-bond donors (Lipinski definition) is 2. The summed E-state index contributed by atoms with van der Waals surface area (Å²) < 4.78 is 0. The highest BCUT2D eigenvalue weighted by Crippen LogP contribution is 2.18. The fourth-order valence-electron chi connectivity index (χ4n) is 1.80. The molecular weight excluding hydrogens is 250 g/mol. The van der Waals surface area contributed by atoms with Crippen LogP contribution in [0.5, 0.6) is 0 Å². The van der Waals surface area contributed by atoms with Crippen molar-refractivity contribution in [2.24, 2.45) is 0 Å². The molecule has 5 nitrogen and oxygen atoms in total. The van der Waals surface area contributed by atoms with E-state index in [1.165, 1.54) is 0 Å². The van der Waals surface area contributed by atoms with E-state index in [-0.39, 0.29) is 0 Å². The van der Waals surface area contributed by atoms with E-state index in [0.717, 1.165) is 29.2 Å². The third-order valence-corrected chi connectivity index (χ3v) is 3.09. The molecule has 0 aliphatic rings. The van der Waals surface area contributed by atoms with Gasteiger partial charge in [0.25, 0.3) is 0 Å². The number of nitriles is 1. The third-order valence-electron chi connectivity index (χ3n) is 3.09. The van der Waals surface area contributed by atoms with Gasteiger partial charge in [-0.15, -0.1) is 0 Å². The molecule has 0 spiro atoms. The lowest BCUT2D eigenvalue weighted by molar-refractivity contribution is 0.928. The molecule has 20 heavy (non-hydrogen) atoms. The molecule has 2 aromatic rings. The van der Waals surface area contributed by atoms with Crippen LogP contribution in [0.2, 0.25) is 0 Å². The lowest BCUT2D eigenvalue weighted by atomic mass is 10.1. The summed E-state index contributed by atoms with van der Waals surface area (Å²) in [4.78, 5) is 8.67. The molecule has 1 aromatic carbocycles. The summed E-state index contributed by atoms with van der Waals surface area (Å²) >= 11 is 0. The monoisotopic (exact) mass is 267 g/mol. The number of nitrogens with zero attached hydrogens (tertiary/aromatic N) is 3. The number of nitrogens with two attached hydrogens (primary N) is 1. The largest absolute Gasteiger partial charge is 0.383 e. The molecule has 0 unspecified atom stereocenters. The Labute approximate surface area is 118 Å². The molecule has 0 aliphatic heterocycles. The zero-order valence-electron chi connectivity index (χ0n) is 11.6. The van der Waals surface area contributed by atoms with Crippen LogP contribution in [0.25, 0.3) is 0 Å². The van der Waals surface area contributed by atoms with Crippen molar-refractivity contribution >= 4 is 11.6 Å². The van der Waals surface area contributed by atoms with Crippen molar-refractivity contribution in [3.8, 4) is 6.07 Å². The fraction of sp³-hybridized carbons (Fsp3) is 0.267. The van der Waals surface area contributed by atoms with Crippen LogP contribution in [0.4, 0.5) is 11.6 Å². The molecule has 3 N–H and O–H groups in total. The molecule has 102 valence electrons. The maximum absolute atomic E-state index is 8.76. The minimum Gasteiger partial charge on any atom is -0.383 e. The van der Waals surface area contributed by atoms with Gasteiger partial charge in [0, 0.05) is 18.5 Å². The normalized spacial score (nSPS) is 10.1. The summed E-state index contributed by atoms with van der Waals surface area (Å²) in [5.74, 6) is 2.01. The summed E-state index contributed by atoms with van der Waals surface area (Å²) in [7, 11) is 0.